The molecule has 0 N–H and O–H groups in total. The van der Waals surface area contributed by atoms with Gasteiger partial charge in [0, 0.05) is 19.1 Å². The number of hydrogen-bond donors (Lipinski definition) is 0. The summed E-state index contributed by atoms with van der Waals surface area (Å²) in [6.45, 7) is 7.66. The van der Waals surface area contributed by atoms with Crippen molar-refractivity contribution in [2.45, 2.75) is 156 Å². The fraction of sp³-hybridized carbons (Fsp3) is 0.794. The Balaban J connectivity index is 0.00000840. The second-order valence-electron chi connectivity index (χ2n) is 11.8. The van der Waals surface area contributed by atoms with Gasteiger partial charge in [-0.25, -0.2) is 14.3 Å². The molecule has 1 saturated heterocycles. The van der Waals surface area contributed by atoms with Crippen LogP contribution in [0.3, 0.4) is 0 Å². The molecule has 41 heavy (non-hydrogen) atoms. The predicted octanol–water partition coefficient (Wildman–Crippen LogP) is 5.54. The molecule has 1 aromatic heterocycles. The molecule has 1 aliphatic heterocycles. The van der Waals surface area contributed by atoms with E-state index in [1.807, 2.05) is 35.9 Å². The Morgan fingerprint density at radius 2 is 1.44 bits per heavy atom. The van der Waals surface area contributed by atoms with Crippen LogP contribution in [-0.4, -0.2) is 36.2 Å². The molecule has 1 aliphatic rings. The van der Waals surface area contributed by atoms with Crippen LogP contribution in [0, 0.1) is 5.92 Å². The second kappa shape index (κ2) is 24.2. The predicted molar refractivity (Wildman–Crippen MR) is 162 cm³/mol. The summed E-state index contributed by atoms with van der Waals surface area (Å²) in [5.41, 5.74) is 0.896. The van der Waals surface area contributed by atoms with Crippen molar-refractivity contribution in [2.75, 3.05) is 13.2 Å². The van der Waals surface area contributed by atoms with Gasteiger partial charge in [0.15, 0.2) is 6.20 Å². The maximum atomic E-state index is 12.7. The number of amides is 2. The minimum Gasteiger partial charge on any atom is -1.00 e. The van der Waals surface area contributed by atoms with Crippen LogP contribution in [0.5, 0.6) is 0 Å². The molecule has 2 atom stereocenters. The highest BCUT2D eigenvalue weighted by Crippen LogP contribution is 2.25. The number of aryl methyl sites for hydroxylation is 1. The average molecular weight is 687 g/mol. The zero-order valence-electron chi connectivity index (χ0n) is 26.4. The van der Waals surface area contributed by atoms with Crippen molar-refractivity contribution in [1.29, 1.82) is 0 Å². The van der Waals surface area contributed by atoms with E-state index in [9.17, 15) is 9.59 Å². The lowest BCUT2D eigenvalue weighted by molar-refractivity contribution is -0.701. The molecule has 1 aromatic rings. The van der Waals surface area contributed by atoms with Gasteiger partial charge in [-0.2, -0.15) is 0 Å². The molecule has 6 nitrogen and oxygen atoms in total. The summed E-state index contributed by atoms with van der Waals surface area (Å²) in [5, 5.41) is 0. The summed E-state index contributed by atoms with van der Waals surface area (Å²) in [7, 11) is 0. The van der Waals surface area contributed by atoms with E-state index >= 15 is 0 Å². The summed E-state index contributed by atoms with van der Waals surface area (Å²) in [6, 6.07) is 5.78. The minimum absolute atomic E-state index is 0. The molecule has 0 radical (unpaired) electrons. The van der Waals surface area contributed by atoms with Crippen molar-refractivity contribution in [2.24, 2.45) is 5.92 Å². The molecule has 0 aliphatic carbocycles. The highest BCUT2D eigenvalue weighted by atomic mass is 127. The zero-order valence-corrected chi connectivity index (χ0v) is 28.6. The van der Waals surface area contributed by atoms with Crippen molar-refractivity contribution in [3.63, 3.8) is 0 Å². The number of ether oxygens (including phenoxy) is 2. The maximum absolute atomic E-state index is 12.7. The van der Waals surface area contributed by atoms with Crippen LogP contribution < -0.4 is 28.5 Å². The van der Waals surface area contributed by atoms with Gasteiger partial charge in [-0.1, -0.05) is 116 Å². The summed E-state index contributed by atoms with van der Waals surface area (Å²) in [4.78, 5) is 26.0. The van der Waals surface area contributed by atoms with Crippen molar-refractivity contribution in [3.05, 3.63) is 30.1 Å². The molecule has 0 spiro atoms. The molecule has 2 heterocycles. The maximum Gasteiger partial charge on any atom is 0.417 e. The Bertz CT molecular complexity index is 822. The third-order valence-corrected chi connectivity index (χ3v) is 8.32. The molecular formula is C34H59IN2O4. The number of aromatic nitrogens is 1. The van der Waals surface area contributed by atoms with Gasteiger partial charge in [-0.15, -0.1) is 0 Å². The van der Waals surface area contributed by atoms with Gasteiger partial charge in [0.25, 0.3) is 0 Å². The first-order valence-corrected chi connectivity index (χ1v) is 16.6. The number of carbonyl (C=O) groups excluding carboxylic acids is 2. The van der Waals surface area contributed by atoms with E-state index in [1.165, 1.54) is 121 Å². The molecule has 0 bridgehead atoms. The molecule has 0 saturated carbocycles. The molecule has 0 aromatic carbocycles. The van der Waals surface area contributed by atoms with Gasteiger partial charge < -0.3 is 33.5 Å². The second-order valence-corrected chi connectivity index (χ2v) is 11.8. The number of imide groups is 1. The van der Waals surface area contributed by atoms with Gasteiger partial charge in [0.2, 0.25) is 11.6 Å². The van der Waals surface area contributed by atoms with E-state index in [2.05, 4.69) is 6.92 Å². The van der Waals surface area contributed by atoms with Crippen LogP contribution in [0.15, 0.2) is 24.4 Å². The summed E-state index contributed by atoms with van der Waals surface area (Å²) >= 11 is 0. The minimum atomic E-state index is -0.594. The number of hydrogen-bond acceptors (Lipinski definition) is 4. The lowest BCUT2D eigenvalue weighted by Crippen LogP contribution is -3.00. The number of unbranched alkanes of at least 4 members (excludes halogenated alkanes) is 15. The Kier molecular flexibility index (Phi) is 22.4. The molecule has 2 amide bonds. The first-order valence-electron chi connectivity index (χ1n) is 16.6. The molecule has 2 unspecified atom stereocenters. The number of rotatable bonds is 22. The quantitative estimate of drug-likeness (QED) is 0.0914. The van der Waals surface area contributed by atoms with E-state index in [4.69, 9.17) is 9.47 Å². The van der Waals surface area contributed by atoms with Crippen molar-refractivity contribution in [1.82, 2.24) is 4.90 Å². The van der Waals surface area contributed by atoms with E-state index in [1.54, 1.807) is 0 Å². The fourth-order valence-electron chi connectivity index (χ4n) is 5.75. The Hall–Kier alpha value is -1.22. The molecule has 7 heteroatoms. The number of carbonyl (C=O) groups is 2. The average Bonchev–Trinajstić information content (AvgIpc) is 3.42. The van der Waals surface area contributed by atoms with E-state index in [0.29, 0.717) is 5.92 Å². The summed E-state index contributed by atoms with van der Waals surface area (Å²) in [6.07, 6.45) is 25.7. The normalized spacial score (nSPS) is 16.4. The van der Waals surface area contributed by atoms with Gasteiger partial charge in [-0.3, -0.25) is 4.79 Å². The van der Waals surface area contributed by atoms with E-state index in [-0.39, 0.29) is 49.1 Å². The van der Waals surface area contributed by atoms with Gasteiger partial charge in [-0.05, 0) is 25.7 Å². The summed E-state index contributed by atoms with van der Waals surface area (Å²) in [5.74, 6) is 0.234. The van der Waals surface area contributed by atoms with Crippen LogP contribution in [0.1, 0.15) is 142 Å². The monoisotopic (exact) mass is 686 g/mol. The standard InChI is InChI=1S/C34H59N2O4.HI/c1-4-6-7-8-9-10-11-12-13-14-15-16-17-18-19-20-23-31-26-33(39-28-31)29-40-34(38)36(30(3)37)27-32-24-21-22-25-35(32)5-2;/h21-22,24-25,31,33H,4-20,23,26-29H2,1-3H3;1H/q+1;/p-1. The number of halogens is 1. The number of pyridine rings is 1. The third-order valence-electron chi connectivity index (χ3n) is 8.32. The van der Waals surface area contributed by atoms with Gasteiger partial charge in [0.05, 0.1) is 12.7 Å². The van der Waals surface area contributed by atoms with Gasteiger partial charge in [0.1, 0.15) is 19.7 Å². The van der Waals surface area contributed by atoms with Crippen molar-refractivity contribution in [3.8, 4) is 0 Å². The van der Waals surface area contributed by atoms with Crippen molar-refractivity contribution >= 4 is 12.0 Å². The van der Waals surface area contributed by atoms with Crippen LogP contribution in [-0.2, 0) is 27.4 Å². The zero-order chi connectivity index (χ0) is 28.8. The van der Waals surface area contributed by atoms with Crippen LogP contribution in [0.2, 0.25) is 0 Å². The smallest absolute Gasteiger partial charge is 0.417 e. The Morgan fingerprint density at radius 3 is 1.98 bits per heavy atom. The SMILES string of the molecule is CCCCCCCCCCCCCCCCCCC1COC(COC(=O)N(Cc2cccc[n+]2CC)C(C)=O)C1.[I-]. The van der Waals surface area contributed by atoms with Crippen LogP contribution in [0.25, 0.3) is 0 Å². The van der Waals surface area contributed by atoms with Gasteiger partial charge >= 0.3 is 6.09 Å². The highest BCUT2D eigenvalue weighted by molar-refractivity contribution is 5.90. The van der Waals surface area contributed by atoms with E-state index < -0.39 is 6.09 Å². The molecule has 236 valence electrons. The summed E-state index contributed by atoms with van der Waals surface area (Å²) < 4.78 is 13.4. The fourth-order valence-corrected chi connectivity index (χ4v) is 5.75. The van der Waals surface area contributed by atoms with E-state index in [0.717, 1.165) is 25.3 Å². The topological polar surface area (TPSA) is 59.7 Å². The first-order chi connectivity index (χ1) is 19.5. The lowest BCUT2D eigenvalue weighted by Gasteiger charge is -2.19. The molecule has 1 fully saturated rings. The van der Waals surface area contributed by atoms with Crippen LogP contribution in [0.4, 0.5) is 4.79 Å². The van der Waals surface area contributed by atoms with Crippen molar-refractivity contribution < 1.29 is 47.6 Å². The largest absolute Gasteiger partial charge is 1.00 e. The molecular weight excluding hydrogens is 627 g/mol. The molecule has 2 rings (SSSR count). The Morgan fingerprint density at radius 1 is 0.878 bits per heavy atom. The third kappa shape index (κ3) is 16.9. The Labute approximate surface area is 268 Å². The lowest BCUT2D eigenvalue weighted by atomic mass is 9.97. The number of nitrogens with zero attached hydrogens (tertiary/aromatic N) is 2. The van der Waals surface area contributed by atoms with Crippen LogP contribution >= 0.6 is 0 Å². The highest BCUT2D eigenvalue weighted by Gasteiger charge is 2.29. The first kappa shape index (κ1) is 37.8.